The highest BCUT2D eigenvalue weighted by Gasteiger charge is 2.24. The van der Waals surface area contributed by atoms with Crippen molar-refractivity contribution in [2.45, 2.75) is 39.3 Å². The largest absolute Gasteiger partial charge is 0.450 e. The minimum atomic E-state index is -0.236. The maximum atomic E-state index is 11.7. The minimum Gasteiger partial charge on any atom is -0.450 e. The maximum absolute atomic E-state index is 11.7. The average Bonchev–Trinajstić information content (AvgIpc) is 2.97. The van der Waals surface area contributed by atoms with Gasteiger partial charge in [0, 0.05) is 26.2 Å². The summed E-state index contributed by atoms with van der Waals surface area (Å²) in [6, 6.07) is 0.260. The number of carbonyl (C=O) groups excluding carboxylic acids is 1. The summed E-state index contributed by atoms with van der Waals surface area (Å²) < 4.78 is 10.1. The van der Waals surface area contributed by atoms with Crippen molar-refractivity contribution in [3.63, 3.8) is 0 Å². The summed E-state index contributed by atoms with van der Waals surface area (Å²) in [4.78, 5) is 21.7. The number of hydrogen-bond donors (Lipinski definition) is 2. The molecule has 0 radical (unpaired) electrons. The minimum absolute atomic E-state index is 0.236. The SMILES string of the molecule is CCOC(=O)N1CCC(NC(=NC)NCc2nc(C)no2)CC1. The number of aryl methyl sites for hydroxylation is 1. The Balaban J connectivity index is 1.74. The summed E-state index contributed by atoms with van der Waals surface area (Å²) in [6.07, 6.45) is 1.46. The first-order valence-corrected chi connectivity index (χ1v) is 7.80. The average molecular weight is 324 g/mol. The third-order valence-corrected chi connectivity index (χ3v) is 3.56. The fourth-order valence-electron chi connectivity index (χ4n) is 2.38. The molecule has 128 valence electrons. The van der Waals surface area contributed by atoms with E-state index >= 15 is 0 Å². The van der Waals surface area contributed by atoms with E-state index in [0.29, 0.717) is 43.9 Å². The monoisotopic (exact) mass is 324 g/mol. The van der Waals surface area contributed by atoms with Crippen molar-refractivity contribution >= 4 is 12.1 Å². The summed E-state index contributed by atoms with van der Waals surface area (Å²) in [5, 5.41) is 10.2. The second-order valence-corrected chi connectivity index (χ2v) is 5.27. The Kier molecular flexibility index (Phi) is 6.19. The molecule has 2 heterocycles. The van der Waals surface area contributed by atoms with Gasteiger partial charge in [-0.05, 0) is 26.7 Å². The molecule has 1 fully saturated rings. The molecule has 1 amide bonds. The molecule has 9 nitrogen and oxygen atoms in total. The van der Waals surface area contributed by atoms with Gasteiger partial charge in [-0.1, -0.05) is 5.16 Å². The predicted octanol–water partition coefficient (Wildman–Crippen LogP) is 0.664. The lowest BCUT2D eigenvalue weighted by atomic mass is 10.1. The van der Waals surface area contributed by atoms with Crippen LogP contribution >= 0.6 is 0 Å². The summed E-state index contributed by atoms with van der Waals surface area (Å²) in [7, 11) is 1.71. The molecular weight excluding hydrogens is 300 g/mol. The first-order chi connectivity index (χ1) is 11.1. The Bertz CT molecular complexity index is 536. The summed E-state index contributed by atoms with van der Waals surface area (Å²) in [5.74, 6) is 1.80. The third kappa shape index (κ3) is 5.11. The quantitative estimate of drug-likeness (QED) is 0.619. The van der Waals surface area contributed by atoms with Crippen LogP contribution in [0.2, 0.25) is 0 Å². The molecule has 0 aromatic carbocycles. The summed E-state index contributed by atoms with van der Waals surface area (Å²) >= 11 is 0. The van der Waals surface area contributed by atoms with Crippen LogP contribution in [0.1, 0.15) is 31.5 Å². The molecular formula is C14H24N6O3. The molecule has 1 aromatic heterocycles. The van der Waals surface area contributed by atoms with Crippen molar-refractivity contribution in [3.05, 3.63) is 11.7 Å². The van der Waals surface area contributed by atoms with Crippen molar-refractivity contribution < 1.29 is 14.1 Å². The van der Waals surface area contributed by atoms with E-state index in [4.69, 9.17) is 9.26 Å². The molecule has 0 atom stereocenters. The first kappa shape index (κ1) is 17.0. The molecule has 9 heteroatoms. The van der Waals surface area contributed by atoms with Crippen LogP contribution in [0.25, 0.3) is 0 Å². The number of aromatic nitrogens is 2. The van der Waals surface area contributed by atoms with E-state index < -0.39 is 0 Å². The zero-order chi connectivity index (χ0) is 16.7. The number of piperidine rings is 1. The van der Waals surface area contributed by atoms with Gasteiger partial charge in [-0.25, -0.2) is 4.79 Å². The molecule has 1 aliphatic heterocycles. The van der Waals surface area contributed by atoms with Crippen LogP contribution in [0.4, 0.5) is 4.79 Å². The molecule has 2 N–H and O–H groups in total. The highest BCUT2D eigenvalue weighted by Crippen LogP contribution is 2.11. The Labute approximate surface area is 135 Å². The van der Waals surface area contributed by atoms with E-state index in [0.717, 1.165) is 12.8 Å². The van der Waals surface area contributed by atoms with Gasteiger partial charge in [-0.3, -0.25) is 4.99 Å². The number of nitrogens with zero attached hydrogens (tertiary/aromatic N) is 4. The molecule has 0 unspecified atom stereocenters. The molecule has 1 aliphatic rings. The van der Waals surface area contributed by atoms with Gasteiger partial charge in [0.15, 0.2) is 11.8 Å². The van der Waals surface area contributed by atoms with Gasteiger partial charge in [0.05, 0.1) is 13.2 Å². The fourth-order valence-corrected chi connectivity index (χ4v) is 2.38. The van der Waals surface area contributed by atoms with Crippen molar-refractivity contribution in [3.8, 4) is 0 Å². The van der Waals surface area contributed by atoms with E-state index in [2.05, 4.69) is 25.8 Å². The van der Waals surface area contributed by atoms with E-state index in [1.165, 1.54) is 0 Å². The highest BCUT2D eigenvalue weighted by atomic mass is 16.6. The van der Waals surface area contributed by atoms with Crippen LogP contribution < -0.4 is 10.6 Å². The smallest absolute Gasteiger partial charge is 0.409 e. The van der Waals surface area contributed by atoms with Crippen molar-refractivity contribution in [2.24, 2.45) is 4.99 Å². The zero-order valence-corrected chi connectivity index (χ0v) is 13.8. The summed E-state index contributed by atoms with van der Waals surface area (Å²) in [5.41, 5.74) is 0. The van der Waals surface area contributed by atoms with Gasteiger partial charge >= 0.3 is 6.09 Å². The molecule has 0 aliphatic carbocycles. The van der Waals surface area contributed by atoms with Crippen LogP contribution in [0.5, 0.6) is 0 Å². The molecule has 1 saturated heterocycles. The number of nitrogens with one attached hydrogen (secondary N) is 2. The van der Waals surface area contributed by atoms with Gasteiger partial charge < -0.3 is 24.8 Å². The van der Waals surface area contributed by atoms with E-state index in [1.807, 2.05) is 6.92 Å². The molecule has 0 bridgehead atoms. The lowest BCUT2D eigenvalue weighted by molar-refractivity contribution is 0.0963. The van der Waals surface area contributed by atoms with E-state index in [-0.39, 0.29) is 12.1 Å². The lowest BCUT2D eigenvalue weighted by Crippen LogP contribution is -2.49. The molecule has 1 aromatic rings. The van der Waals surface area contributed by atoms with Crippen molar-refractivity contribution in [1.82, 2.24) is 25.7 Å². The van der Waals surface area contributed by atoms with Crippen molar-refractivity contribution in [1.29, 1.82) is 0 Å². The van der Waals surface area contributed by atoms with E-state index in [1.54, 1.807) is 18.9 Å². The van der Waals surface area contributed by atoms with E-state index in [9.17, 15) is 4.79 Å². The Morgan fingerprint density at radius 1 is 1.48 bits per heavy atom. The zero-order valence-electron chi connectivity index (χ0n) is 13.8. The van der Waals surface area contributed by atoms with Gasteiger partial charge in [0.25, 0.3) is 0 Å². The van der Waals surface area contributed by atoms with Gasteiger partial charge in [0.2, 0.25) is 5.89 Å². The van der Waals surface area contributed by atoms with Gasteiger partial charge in [0.1, 0.15) is 0 Å². The number of guanidine groups is 1. The summed E-state index contributed by atoms with van der Waals surface area (Å²) in [6.45, 7) is 5.77. The van der Waals surface area contributed by atoms with Crippen LogP contribution in [-0.2, 0) is 11.3 Å². The fraction of sp³-hybridized carbons (Fsp3) is 0.714. The Morgan fingerprint density at radius 3 is 2.78 bits per heavy atom. The lowest BCUT2D eigenvalue weighted by Gasteiger charge is -2.32. The molecule has 0 saturated carbocycles. The number of ether oxygens (including phenoxy) is 1. The van der Waals surface area contributed by atoms with Crippen LogP contribution in [-0.4, -0.2) is 59.9 Å². The van der Waals surface area contributed by atoms with Crippen LogP contribution in [0, 0.1) is 6.92 Å². The van der Waals surface area contributed by atoms with Gasteiger partial charge in [-0.2, -0.15) is 4.98 Å². The molecule has 23 heavy (non-hydrogen) atoms. The van der Waals surface area contributed by atoms with Crippen molar-refractivity contribution in [2.75, 3.05) is 26.7 Å². The third-order valence-electron chi connectivity index (χ3n) is 3.56. The maximum Gasteiger partial charge on any atom is 0.409 e. The predicted molar refractivity (Wildman–Crippen MR) is 84.0 cm³/mol. The second-order valence-electron chi connectivity index (χ2n) is 5.27. The number of likely N-dealkylation sites (tertiary alicyclic amines) is 1. The number of rotatable bonds is 4. The second kappa shape index (κ2) is 8.35. The first-order valence-electron chi connectivity index (χ1n) is 7.80. The van der Waals surface area contributed by atoms with Crippen LogP contribution in [0.3, 0.4) is 0 Å². The van der Waals surface area contributed by atoms with Gasteiger partial charge in [-0.15, -0.1) is 0 Å². The number of amides is 1. The number of aliphatic imine (C=N–C) groups is 1. The standard InChI is InChI=1S/C14H24N6O3/c1-4-22-14(21)20-7-5-11(6-8-20)18-13(15-3)16-9-12-17-10(2)19-23-12/h11H,4-9H2,1-3H3,(H2,15,16,18). The number of carbonyl (C=O) groups is 1. The Hall–Kier alpha value is -2.32. The Morgan fingerprint density at radius 2 is 2.22 bits per heavy atom. The number of hydrogen-bond acceptors (Lipinski definition) is 6. The van der Waals surface area contributed by atoms with Crippen LogP contribution in [0.15, 0.2) is 9.52 Å². The molecule has 0 spiro atoms. The molecule has 2 rings (SSSR count). The topological polar surface area (TPSA) is 105 Å². The normalized spacial score (nSPS) is 16.3. The highest BCUT2D eigenvalue weighted by molar-refractivity contribution is 5.79.